The van der Waals surface area contributed by atoms with Gasteiger partial charge in [-0.15, -0.1) is 0 Å². The van der Waals surface area contributed by atoms with E-state index in [9.17, 15) is 4.79 Å². The smallest absolute Gasteiger partial charge is 0.330 e. The summed E-state index contributed by atoms with van der Waals surface area (Å²) < 4.78 is 15.5. The molecule has 0 atom stereocenters. The molecule has 0 bridgehead atoms. The summed E-state index contributed by atoms with van der Waals surface area (Å²) in [5.74, 6) is 1.20. The van der Waals surface area contributed by atoms with E-state index in [1.807, 2.05) is 24.3 Å². The molecule has 0 saturated heterocycles. The molecule has 2 rings (SSSR count). The summed E-state index contributed by atoms with van der Waals surface area (Å²) in [6.07, 6.45) is 8.67. The van der Waals surface area contributed by atoms with Crippen LogP contribution in [-0.4, -0.2) is 19.4 Å². The van der Waals surface area contributed by atoms with Gasteiger partial charge >= 0.3 is 5.97 Å². The van der Waals surface area contributed by atoms with Gasteiger partial charge in [-0.25, -0.2) is 4.79 Å². The van der Waals surface area contributed by atoms with Crippen molar-refractivity contribution in [3.8, 4) is 11.5 Å². The molecule has 0 saturated carbocycles. The lowest BCUT2D eigenvalue weighted by molar-refractivity contribution is -0.137. The molecule has 20 heavy (non-hydrogen) atoms. The number of allylic oxidation sites excluding steroid dienone is 2. The Labute approximate surface area is 118 Å². The molecule has 0 N–H and O–H groups in total. The Balaban J connectivity index is 1.82. The van der Waals surface area contributed by atoms with Gasteiger partial charge in [0.25, 0.3) is 0 Å². The van der Waals surface area contributed by atoms with Gasteiger partial charge in [0.05, 0.1) is 6.61 Å². The van der Waals surface area contributed by atoms with Crippen LogP contribution in [0.15, 0.2) is 36.4 Å². The second-order valence-corrected chi connectivity index (χ2v) is 4.35. The van der Waals surface area contributed by atoms with Crippen molar-refractivity contribution < 1.29 is 19.0 Å². The lowest BCUT2D eigenvalue weighted by Crippen LogP contribution is -2.01. The highest BCUT2D eigenvalue weighted by molar-refractivity contribution is 5.82. The Morgan fingerprint density at radius 1 is 1.30 bits per heavy atom. The number of ether oxygens (including phenoxy) is 3. The van der Waals surface area contributed by atoms with Crippen molar-refractivity contribution >= 4 is 12.0 Å². The molecule has 0 aromatic heterocycles. The number of hydrogen-bond acceptors (Lipinski definition) is 4. The maximum absolute atomic E-state index is 11.3. The standard InChI is InChI=1S/C16H18O4/c1-2-3-10-18-16(17)7-5-4-6-13-8-9-14-15(11-13)20-12-19-14/h4-9,11H,2-3,10,12H2,1H3/b6-4+,7-5+. The Hall–Kier alpha value is -2.23. The molecule has 0 amide bonds. The first-order valence-corrected chi connectivity index (χ1v) is 6.71. The summed E-state index contributed by atoms with van der Waals surface area (Å²) in [6.45, 7) is 2.80. The van der Waals surface area contributed by atoms with E-state index in [2.05, 4.69) is 6.92 Å². The van der Waals surface area contributed by atoms with Crippen LogP contribution in [0.4, 0.5) is 0 Å². The molecule has 1 aromatic carbocycles. The molecule has 0 fully saturated rings. The zero-order valence-electron chi connectivity index (χ0n) is 11.5. The molecular weight excluding hydrogens is 256 g/mol. The minimum Gasteiger partial charge on any atom is -0.463 e. The van der Waals surface area contributed by atoms with Gasteiger partial charge in [-0.2, -0.15) is 0 Å². The third-order valence-corrected chi connectivity index (χ3v) is 2.77. The normalized spacial score (nSPS) is 13.2. The van der Waals surface area contributed by atoms with E-state index >= 15 is 0 Å². The molecular formula is C16H18O4. The number of esters is 1. The van der Waals surface area contributed by atoms with Gasteiger partial charge in [0.1, 0.15) is 0 Å². The summed E-state index contributed by atoms with van der Waals surface area (Å²) in [4.78, 5) is 11.3. The van der Waals surface area contributed by atoms with E-state index in [1.165, 1.54) is 6.08 Å². The highest BCUT2D eigenvalue weighted by Crippen LogP contribution is 2.32. The lowest BCUT2D eigenvalue weighted by atomic mass is 10.2. The number of hydrogen-bond donors (Lipinski definition) is 0. The summed E-state index contributed by atoms with van der Waals surface area (Å²) in [7, 11) is 0. The predicted octanol–water partition coefficient (Wildman–Crippen LogP) is 3.33. The van der Waals surface area contributed by atoms with Crippen LogP contribution in [-0.2, 0) is 9.53 Å². The number of unbranched alkanes of at least 4 members (excludes halogenated alkanes) is 1. The molecule has 4 nitrogen and oxygen atoms in total. The number of benzene rings is 1. The van der Waals surface area contributed by atoms with E-state index in [1.54, 1.807) is 12.2 Å². The van der Waals surface area contributed by atoms with Crippen LogP contribution in [0.1, 0.15) is 25.3 Å². The first-order chi connectivity index (χ1) is 9.79. The van der Waals surface area contributed by atoms with Crippen LogP contribution < -0.4 is 9.47 Å². The largest absolute Gasteiger partial charge is 0.463 e. The van der Waals surface area contributed by atoms with E-state index in [-0.39, 0.29) is 12.8 Å². The Bertz CT molecular complexity index is 517. The first kappa shape index (κ1) is 14.2. The van der Waals surface area contributed by atoms with Crippen LogP contribution in [0.3, 0.4) is 0 Å². The molecule has 0 spiro atoms. The zero-order chi connectivity index (χ0) is 14.2. The Kier molecular flexibility index (Phi) is 5.24. The average molecular weight is 274 g/mol. The second kappa shape index (κ2) is 7.38. The highest BCUT2D eigenvalue weighted by atomic mass is 16.7. The van der Waals surface area contributed by atoms with Gasteiger partial charge in [0.15, 0.2) is 11.5 Å². The summed E-state index contributed by atoms with van der Waals surface area (Å²) in [5, 5.41) is 0. The SMILES string of the molecule is CCCCOC(=O)/C=C/C=C/c1ccc2c(c1)OCO2. The molecule has 0 aliphatic carbocycles. The number of rotatable bonds is 6. The maximum atomic E-state index is 11.3. The minimum absolute atomic E-state index is 0.270. The van der Waals surface area contributed by atoms with Crippen LogP contribution in [0.5, 0.6) is 11.5 Å². The molecule has 1 heterocycles. The van der Waals surface area contributed by atoms with Crippen molar-refractivity contribution in [3.63, 3.8) is 0 Å². The van der Waals surface area contributed by atoms with Crippen molar-refractivity contribution in [3.05, 3.63) is 42.0 Å². The van der Waals surface area contributed by atoms with Crippen LogP contribution in [0.25, 0.3) is 6.08 Å². The van der Waals surface area contributed by atoms with E-state index in [0.29, 0.717) is 6.61 Å². The van der Waals surface area contributed by atoms with Crippen molar-refractivity contribution in [1.29, 1.82) is 0 Å². The third kappa shape index (κ3) is 4.16. The van der Waals surface area contributed by atoms with Crippen LogP contribution in [0.2, 0.25) is 0 Å². The molecule has 0 radical (unpaired) electrons. The van der Waals surface area contributed by atoms with Gasteiger partial charge in [0.2, 0.25) is 6.79 Å². The molecule has 1 aliphatic heterocycles. The quantitative estimate of drug-likeness (QED) is 0.345. The fraction of sp³-hybridized carbons (Fsp3) is 0.312. The van der Waals surface area contributed by atoms with Gasteiger partial charge < -0.3 is 14.2 Å². The third-order valence-electron chi connectivity index (χ3n) is 2.77. The van der Waals surface area contributed by atoms with Gasteiger partial charge in [-0.3, -0.25) is 0 Å². The van der Waals surface area contributed by atoms with Crippen molar-refractivity contribution in [1.82, 2.24) is 0 Å². The predicted molar refractivity (Wildman–Crippen MR) is 76.6 cm³/mol. The topological polar surface area (TPSA) is 44.8 Å². The molecule has 106 valence electrons. The van der Waals surface area contributed by atoms with Crippen molar-refractivity contribution in [2.45, 2.75) is 19.8 Å². The van der Waals surface area contributed by atoms with Gasteiger partial charge in [0, 0.05) is 6.08 Å². The maximum Gasteiger partial charge on any atom is 0.330 e. The number of carbonyl (C=O) groups excluding carboxylic acids is 1. The molecule has 1 aromatic rings. The minimum atomic E-state index is -0.311. The van der Waals surface area contributed by atoms with E-state index in [0.717, 1.165) is 29.9 Å². The Morgan fingerprint density at radius 3 is 3.00 bits per heavy atom. The number of carbonyl (C=O) groups is 1. The molecule has 0 unspecified atom stereocenters. The van der Waals surface area contributed by atoms with Crippen molar-refractivity contribution in [2.75, 3.05) is 13.4 Å². The number of fused-ring (bicyclic) bond motifs is 1. The van der Waals surface area contributed by atoms with Gasteiger partial charge in [-0.1, -0.05) is 37.6 Å². The highest BCUT2D eigenvalue weighted by Gasteiger charge is 2.11. The summed E-state index contributed by atoms with van der Waals surface area (Å²) >= 11 is 0. The second-order valence-electron chi connectivity index (χ2n) is 4.35. The lowest BCUT2D eigenvalue weighted by Gasteiger charge is -1.98. The van der Waals surface area contributed by atoms with Crippen molar-refractivity contribution in [2.24, 2.45) is 0 Å². The van der Waals surface area contributed by atoms with E-state index in [4.69, 9.17) is 14.2 Å². The fourth-order valence-corrected chi connectivity index (χ4v) is 1.68. The first-order valence-electron chi connectivity index (χ1n) is 6.71. The summed E-state index contributed by atoms with van der Waals surface area (Å²) in [6, 6.07) is 5.69. The van der Waals surface area contributed by atoms with Crippen LogP contribution in [0, 0.1) is 0 Å². The molecule has 1 aliphatic rings. The molecule has 4 heteroatoms. The summed E-state index contributed by atoms with van der Waals surface area (Å²) in [5.41, 5.74) is 0.984. The average Bonchev–Trinajstić information content (AvgIpc) is 2.91. The zero-order valence-corrected chi connectivity index (χ0v) is 11.5. The monoisotopic (exact) mass is 274 g/mol. The van der Waals surface area contributed by atoms with Gasteiger partial charge in [-0.05, 0) is 24.1 Å². The van der Waals surface area contributed by atoms with E-state index < -0.39 is 0 Å². The fourth-order valence-electron chi connectivity index (χ4n) is 1.68. The van der Waals surface area contributed by atoms with Crippen LogP contribution >= 0.6 is 0 Å². The Morgan fingerprint density at radius 2 is 2.15 bits per heavy atom.